The fourth-order valence-corrected chi connectivity index (χ4v) is 2.36. The lowest BCUT2D eigenvalue weighted by Gasteiger charge is -2.30. The molecule has 0 aromatic heterocycles. The van der Waals surface area contributed by atoms with Gasteiger partial charge >= 0.3 is 6.03 Å². The molecule has 16 heavy (non-hydrogen) atoms. The second-order valence-corrected chi connectivity index (χ2v) is 5.19. The minimum absolute atomic E-state index is 0.0231. The van der Waals surface area contributed by atoms with Gasteiger partial charge in [0.05, 0.1) is 6.61 Å². The lowest BCUT2D eigenvalue weighted by molar-refractivity contribution is 0.169. The predicted octanol–water partition coefficient (Wildman–Crippen LogP) is 1.59. The maximum absolute atomic E-state index is 11.9. The summed E-state index contributed by atoms with van der Waals surface area (Å²) in [6.45, 7) is 7.40. The molecule has 0 radical (unpaired) electrons. The first-order valence-electron chi connectivity index (χ1n) is 6.17. The van der Waals surface area contributed by atoms with Crippen molar-refractivity contribution in [2.45, 2.75) is 46.1 Å². The summed E-state index contributed by atoms with van der Waals surface area (Å²) in [6.07, 6.45) is 3.42. The number of rotatable bonds is 4. The number of nitrogens with zero attached hydrogens (tertiary/aromatic N) is 1. The predicted molar refractivity (Wildman–Crippen MR) is 64.3 cm³/mol. The van der Waals surface area contributed by atoms with Gasteiger partial charge in [0.2, 0.25) is 0 Å². The number of hydrogen-bond donors (Lipinski definition) is 2. The number of aliphatic hydroxyl groups is 1. The van der Waals surface area contributed by atoms with Gasteiger partial charge in [0, 0.05) is 19.1 Å². The highest BCUT2D eigenvalue weighted by Gasteiger charge is 2.35. The highest BCUT2D eigenvalue weighted by molar-refractivity contribution is 5.74. The topological polar surface area (TPSA) is 52.6 Å². The molecule has 1 aliphatic carbocycles. The summed E-state index contributed by atoms with van der Waals surface area (Å²) >= 11 is 0. The molecule has 4 nitrogen and oxygen atoms in total. The Bertz CT molecular complexity index is 241. The van der Waals surface area contributed by atoms with Crippen molar-refractivity contribution in [3.8, 4) is 0 Å². The quantitative estimate of drug-likeness (QED) is 0.767. The molecule has 0 aromatic rings. The van der Waals surface area contributed by atoms with Crippen molar-refractivity contribution in [3.63, 3.8) is 0 Å². The summed E-state index contributed by atoms with van der Waals surface area (Å²) in [5.74, 6) is 0. The number of carbonyl (C=O) groups excluding carboxylic acids is 1. The summed E-state index contributed by atoms with van der Waals surface area (Å²) < 4.78 is 0. The van der Waals surface area contributed by atoms with Gasteiger partial charge in [-0.25, -0.2) is 4.79 Å². The standard InChI is InChI=1S/C12H24N2O2/c1-4-14(8-9-15)11(16)13-10-6-5-7-12(10,2)3/h10,15H,4-9H2,1-3H3,(H,13,16). The zero-order valence-electron chi connectivity index (χ0n) is 10.6. The molecule has 1 unspecified atom stereocenters. The maximum atomic E-state index is 11.9. The van der Waals surface area contributed by atoms with E-state index in [-0.39, 0.29) is 24.1 Å². The van der Waals surface area contributed by atoms with Crippen LogP contribution < -0.4 is 5.32 Å². The second kappa shape index (κ2) is 5.53. The van der Waals surface area contributed by atoms with Crippen molar-refractivity contribution >= 4 is 6.03 Å². The molecular weight excluding hydrogens is 204 g/mol. The van der Waals surface area contributed by atoms with E-state index in [2.05, 4.69) is 19.2 Å². The number of amides is 2. The summed E-state index contributed by atoms with van der Waals surface area (Å²) in [4.78, 5) is 13.6. The molecule has 4 heteroatoms. The smallest absolute Gasteiger partial charge is 0.317 e. The molecule has 0 heterocycles. The summed E-state index contributed by atoms with van der Waals surface area (Å²) in [6, 6.07) is 0.226. The summed E-state index contributed by atoms with van der Waals surface area (Å²) in [7, 11) is 0. The second-order valence-electron chi connectivity index (χ2n) is 5.19. The van der Waals surface area contributed by atoms with Crippen molar-refractivity contribution in [1.82, 2.24) is 10.2 Å². The highest BCUT2D eigenvalue weighted by atomic mass is 16.3. The van der Waals surface area contributed by atoms with E-state index in [4.69, 9.17) is 5.11 Å². The Morgan fingerprint density at radius 2 is 2.25 bits per heavy atom. The van der Waals surface area contributed by atoms with E-state index < -0.39 is 0 Å². The van der Waals surface area contributed by atoms with Crippen LogP contribution in [0.1, 0.15) is 40.0 Å². The molecule has 1 fully saturated rings. The Hall–Kier alpha value is -0.770. The molecule has 94 valence electrons. The molecule has 0 saturated heterocycles. The van der Waals surface area contributed by atoms with Gasteiger partial charge in [0.1, 0.15) is 0 Å². The third-order valence-corrected chi connectivity index (χ3v) is 3.59. The fourth-order valence-electron chi connectivity index (χ4n) is 2.36. The SMILES string of the molecule is CCN(CCO)C(=O)NC1CCCC1(C)C. The van der Waals surface area contributed by atoms with Crippen LogP contribution in [0.4, 0.5) is 4.79 Å². The number of urea groups is 1. The van der Waals surface area contributed by atoms with Crippen molar-refractivity contribution < 1.29 is 9.90 Å². The lowest BCUT2D eigenvalue weighted by Crippen LogP contribution is -2.48. The van der Waals surface area contributed by atoms with Gasteiger partial charge in [-0.05, 0) is 25.2 Å². The van der Waals surface area contributed by atoms with E-state index in [1.807, 2.05) is 6.92 Å². The van der Waals surface area contributed by atoms with E-state index in [0.717, 1.165) is 6.42 Å². The van der Waals surface area contributed by atoms with Crippen LogP contribution in [0.3, 0.4) is 0 Å². The maximum Gasteiger partial charge on any atom is 0.317 e. The van der Waals surface area contributed by atoms with Crippen LogP contribution in [0.15, 0.2) is 0 Å². The first kappa shape index (κ1) is 13.3. The molecule has 1 aliphatic rings. The van der Waals surface area contributed by atoms with Gasteiger partial charge in [-0.1, -0.05) is 20.3 Å². The first-order valence-corrected chi connectivity index (χ1v) is 6.17. The largest absolute Gasteiger partial charge is 0.395 e. The Kier molecular flexibility index (Phi) is 4.59. The van der Waals surface area contributed by atoms with Crippen molar-refractivity contribution in [2.24, 2.45) is 5.41 Å². The molecule has 0 aromatic carbocycles. The van der Waals surface area contributed by atoms with Gasteiger partial charge in [0.15, 0.2) is 0 Å². The van der Waals surface area contributed by atoms with Gasteiger partial charge in [-0.15, -0.1) is 0 Å². The number of aliphatic hydroxyl groups excluding tert-OH is 1. The monoisotopic (exact) mass is 228 g/mol. The van der Waals surface area contributed by atoms with Gasteiger partial charge in [0.25, 0.3) is 0 Å². The normalized spacial score (nSPS) is 23.1. The van der Waals surface area contributed by atoms with E-state index in [9.17, 15) is 4.79 Å². The van der Waals surface area contributed by atoms with Gasteiger partial charge in [-0.2, -0.15) is 0 Å². The summed E-state index contributed by atoms with van der Waals surface area (Å²) in [5.41, 5.74) is 0.203. The average Bonchev–Trinajstić information content (AvgIpc) is 2.54. The molecule has 0 aliphatic heterocycles. The third kappa shape index (κ3) is 3.11. The number of nitrogens with one attached hydrogen (secondary N) is 1. The van der Waals surface area contributed by atoms with Crippen LogP contribution in [-0.4, -0.2) is 41.8 Å². The number of hydrogen-bond acceptors (Lipinski definition) is 2. The van der Waals surface area contributed by atoms with E-state index >= 15 is 0 Å². The van der Waals surface area contributed by atoms with E-state index in [1.165, 1.54) is 12.8 Å². The van der Waals surface area contributed by atoms with Crippen molar-refractivity contribution in [3.05, 3.63) is 0 Å². The Labute approximate surface area is 98.0 Å². The highest BCUT2D eigenvalue weighted by Crippen LogP contribution is 2.37. The summed E-state index contributed by atoms with van der Waals surface area (Å²) in [5, 5.41) is 11.9. The zero-order valence-corrected chi connectivity index (χ0v) is 10.6. The van der Waals surface area contributed by atoms with Gasteiger partial charge < -0.3 is 15.3 Å². The Morgan fingerprint density at radius 3 is 2.69 bits per heavy atom. The zero-order chi connectivity index (χ0) is 12.2. The van der Waals surface area contributed by atoms with Crippen molar-refractivity contribution in [2.75, 3.05) is 19.7 Å². The number of likely N-dealkylation sites (N-methyl/N-ethyl adjacent to an activating group) is 1. The molecule has 2 amide bonds. The molecular formula is C12H24N2O2. The molecule has 1 rings (SSSR count). The van der Waals surface area contributed by atoms with E-state index in [0.29, 0.717) is 13.1 Å². The molecule has 0 bridgehead atoms. The van der Waals surface area contributed by atoms with Gasteiger partial charge in [-0.3, -0.25) is 0 Å². The number of carbonyl (C=O) groups is 1. The fraction of sp³-hybridized carbons (Fsp3) is 0.917. The lowest BCUT2D eigenvalue weighted by atomic mass is 9.87. The minimum atomic E-state index is -0.0449. The van der Waals surface area contributed by atoms with Crippen LogP contribution in [0.25, 0.3) is 0 Å². The minimum Gasteiger partial charge on any atom is -0.395 e. The molecule has 2 N–H and O–H groups in total. The van der Waals surface area contributed by atoms with Crippen LogP contribution >= 0.6 is 0 Å². The van der Waals surface area contributed by atoms with E-state index in [1.54, 1.807) is 4.90 Å². The Balaban J connectivity index is 2.49. The first-order chi connectivity index (χ1) is 7.51. The average molecular weight is 228 g/mol. The van der Waals surface area contributed by atoms with Crippen LogP contribution in [-0.2, 0) is 0 Å². The molecule has 1 saturated carbocycles. The molecule has 0 spiro atoms. The Morgan fingerprint density at radius 1 is 1.56 bits per heavy atom. The van der Waals surface area contributed by atoms with Crippen LogP contribution in [0.2, 0.25) is 0 Å². The van der Waals surface area contributed by atoms with Crippen molar-refractivity contribution in [1.29, 1.82) is 0 Å². The van der Waals surface area contributed by atoms with Crippen LogP contribution in [0.5, 0.6) is 0 Å². The van der Waals surface area contributed by atoms with Crippen LogP contribution in [0, 0.1) is 5.41 Å². The molecule has 1 atom stereocenters. The third-order valence-electron chi connectivity index (χ3n) is 3.59.